The third-order valence-corrected chi connectivity index (χ3v) is 5.12. The largest absolute Gasteiger partial charge is 0.459 e. The molecule has 0 aliphatic heterocycles. The van der Waals surface area contributed by atoms with Crippen molar-refractivity contribution in [1.29, 1.82) is 0 Å². The number of likely N-dealkylation sites (N-methyl/N-ethyl adjacent to an activating group) is 1. The van der Waals surface area contributed by atoms with Gasteiger partial charge in [-0.15, -0.1) is 11.3 Å². The van der Waals surface area contributed by atoms with E-state index in [1.165, 1.54) is 9.78 Å². The Morgan fingerprint density at radius 1 is 1.15 bits per heavy atom. The zero-order valence-electron chi connectivity index (χ0n) is 15.8. The molecule has 0 atom stereocenters. The first-order chi connectivity index (χ1) is 13.0. The number of hydrogen-bond acceptors (Lipinski definition) is 4. The van der Waals surface area contributed by atoms with Crippen LogP contribution in [-0.2, 0) is 17.9 Å². The Bertz CT molecular complexity index is 929. The molecular formula is C20H24N4O2S. The molecule has 3 rings (SSSR count). The van der Waals surface area contributed by atoms with Gasteiger partial charge < -0.3 is 20.0 Å². The molecule has 0 saturated carbocycles. The number of rotatable bonds is 6. The average molecular weight is 385 g/mol. The highest BCUT2D eigenvalue weighted by Gasteiger charge is 2.11. The molecule has 0 aliphatic carbocycles. The van der Waals surface area contributed by atoms with E-state index in [1.54, 1.807) is 25.4 Å². The van der Waals surface area contributed by atoms with Gasteiger partial charge >= 0.3 is 0 Å². The lowest BCUT2D eigenvalue weighted by Crippen LogP contribution is -2.37. The summed E-state index contributed by atoms with van der Waals surface area (Å²) in [5.74, 6) is 1.39. The van der Waals surface area contributed by atoms with Crippen LogP contribution in [0.5, 0.6) is 0 Å². The van der Waals surface area contributed by atoms with E-state index in [4.69, 9.17) is 4.42 Å². The van der Waals surface area contributed by atoms with Crippen LogP contribution in [0.1, 0.15) is 16.2 Å². The number of carbonyl (C=O) groups is 1. The van der Waals surface area contributed by atoms with Gasteiger partial charge in [0.15, 0.2) is 5.96 Å². The van der Waals surface area contributed by atoms with Crippen molar-refractivity contribution >= 4 is 34.2 Å². The number of carbonyl (C=O) groups excluding carboxylic acids is 1. The van der Waals surface area contributed by atoms with Gasteiger partial charge in [-0.2, -0.15) is 0 Å². The number of fused-ring (bicyclic) bond motifs is 1. The molecule has 6 nitrogen and oxygen atoms in total. The van der Waals surface area contributed by atoms with Gasteiger partial charge in [-0.05, 0) is 24.4 Å². The molecule has 2 N–H and O–H groups in total. The molecule has 2 heterocycles. The molecule has 7 heteroatoms. The van der Waals surface area contributed by atoms with Crippen LogP contribution in [-0.4, -0.2) is 37.4 Å². The minimum absolute atomic E-state index is 0.0489. The number of guanidine groups is 1. The average Bonchev–Trinajstić information content (AvgIpc) is 3.29. The summed E-state index contributed by atoms with van der Waals surface area (Å²) >= 11 is 1.68. The fourth-order valence-electron chi connectivity index (χ4n) is 2.60. The van der Waals surface area contributed by atoms with Gasteiger partial charge in [-0.3, -0.25) is 4.79 Å². The Morgan fingerprint density at radius 2 is 1.93 bits per heavy atom. The van der Waals surface area contributed by atoms with Crippen molar-refractivity contribution in [2.45, 2.75) is 20.0 Å². The number of para-hydroxylation sites is 1. The van der Waals surface area contributed by atoms with Gasteiger partial charge in [-0.25, -0.2) is 4.99 Å². The van der Waals surface area contributed by atoms with Crippen LogP contribution in [0.4, 0.5) is 0 Å². The van der Waals surface area contributed by atoms with Gasteiger partial charge in [0, 0.05) is 29.9 Å². The summed E-state index contributed by atoms with van der Waals surface area (Å²) in [5.41, 5.74) is 1.99. The summed E-state index contributed by atoms with van der Waals surface area (Å²) in [5, 5.41) is 9.70. The summed E-state index contributed by atoms with van der Waals surface area (Å²) in [6.45, 7) is 3.28. The molecule has 0 radical (unpaired) electrons. The van der Waals surface area contributed by atoms with Crippen LogP contribution in [0.3, 0.4) is 0 Å². The predicted molar refractivity (Wildman–Crippen MR) is 110 cm³/mol. The van der Waals surface area contributed by atoms with Crippen LogP contribution in [0.15, 0.2) is 51.2 Å². The van der Waals surface area contributed by atoms with Crippen LogP contribution in [0.25, 0.3) is 11.0 Å². The van der Waals surface area contributed by atoms with Crippen LogP contribution in [0, 0.1) is 6.92 Å². The van der Waals surface area contributed by atoms with Crippen LogP contribution >= 0.6 is 11.3 Å². The number of benzene rings is 1. The Balaban J connectivity index is 1.70. The summed E-state index contributed by atoms with van der Waals surface area (Å²) in [4.78, 5) is 19.0. The maximum Gasteiger partial charge on any atom is 0.243 e. The van der Waals surface area contributed by atoms with Crippen molar-refractivity contribution in [3.05, 3.63) is 58.0 Å². The molecule has 27 heavy (non-hydrogen) atoms. The van der Waals surface area contributed by atoms with Crippen LogP contribution in [0.2, 0.25) is 0 Å². The topological polar surface area (TPSA) is 69.9 Å². The van der Waals surface area contributed by atoms with E-state index in [2.05, 4.69) is 27.8 Å². The second-order valence-electron chi connectivity index (χ2n) is 6.39. The molecule has 0 aliphatic rings. The molecule has 0 fully saturated rings. The molecule has 0 saturated heterocycles. The maximum absolute atomic E-state index is 11.9. The Labute approximate surface area is 162 Å². The van der Waals surface area contributed by atoms with Gasteiger partial charge in [0.25, 0.3) is 0 Å². The standard InChI is InChI=1S/C20H24N4O2S/c1-14-16-8-4-5-9-17(16)26-18(14)12-22-20(23-13-19(25)24(2)3)21-11-15-7-6-10-27-15/h4-10H,11-13H2,1-3H3,(H2,21,22,23). The van der Waals surface area contributed by atoms with Crippen molar-refractivity contribution < 1.29 is 9.21 Å². The fraction of sp³-hybridized carbons (Fsp3) is 0.300. The Hall–Kier alpha value is -2.80. The summed E-state index contributed by atoms with van der Waals surface area (Å²) in [7, 11) is 3.45. The first-order valence-corrected chi connectivity index (χ1v) is 9.64. The molecule has 3 aromatic rings. The summed E-state index contributed by atoms with van der Waals surface area (Å²) in [6, 6.07) is 12.1. The van der Waals surface area contributed by atoms with Gasteiger partial charge in [0.1, 0.15) is 17.9 Å². The lowest BCUT2D eigenvalue weighted by atomic mass is 10.1. The lowest BCUT2D eigenvalue weighted by molar-refractivity contribution is -0.127. The zero-order chi connectivity index (χ0) is 19.2. The number of aliphatic imine (C=N–C) groups is 1. The van der Waals surface area contributed by atoms with Crippen molar-refractivity contribution in [1.82, 2.24) is 15.5 Å². The highest BCUT2D eigenvalue weighted by atomic mass is 32.1. The number of hydrogen-bond donors (Lipinski definition) is 2. The fourth-order valence-corrected chi connectivity index (χ4v) is 3.25. The minimum atomic E-state index is -0.0489. The van der Waals surface area contributed by atoms with Crippen LogP contribution < -0.4 is 10.6 Å². The zero-order valence-corrected chi connectivity index (χ0v) is 16.6. The van der Waals surface area contributed by atoms with Crippen molar-refractivity contribution in [3.63, 3.8) is 0 Å². The van der Waals surface area contributed by atoms with Gasteiger partial charge in [-0.1, -0.05) is 24.3 Å². The molecule has 2 aromatic heterocycles. The number of thiophene rings is 1. The van der Waals surface area contributed by atoms with E-state index in [1.807, 2.05) is 36.6 Å². The number of nitrogens with zero attached hydrogens (tertiary/aromatic N) is 2. The van der Waals surface area contributed by atoms with E-state index < -0.39 is 0 Å². The quantitative estimate of drug-likeness (QED) is 0.506. The SMILES string of the molecule is Cc1c(CNC(=NCC(=O)N(C)C)NCc2cccs2)oc2ccccc12. The number of nitrogens with one attached hydrogen (secondary N) is 2. The van der Waals surface area contributed by atoms with E-state index in [0.717, 1.165) is 22.3 Å². The Morgan fingerprint density at radius 3 is 2.63 bits per heavy atom. The second-order valence-corrected chi connectivity index (χ2v) is 7.42. The van der Waals surface area contributed by atoms with Crippen molar-refractivity contribution in [2.75, 3.05) is 20.6 Å². The predicted octanol–water partition coefficient (Wildman–Crippen LogP) is 3.13. The van der Waals surface area contributed by atoms with Crippen molar-refractivity contribution in [3.8, 4) is 0 Å². The van der Waals surface area contributed by atoms with E-state index in [-0.39, 0.29) is 12.5 Å². The first kappa shape index (κ1) is 19.0. The van der Waals surface area contributed by atoms with E-state index in [0.29, 0.717) is 19.0 Å². The van der Waals surface area contributed by atoms with Gasteiger partial charge in [0.05, 0.1) is 13.1 Å². The maximum atomic E-state index is 11.9. The summed E-state index contributed by atoms with van der Waals surface area (Å²) < 4.78 is 5.95. The minimum Gasteiger partial charge on any atom is -0.459 e. The highest BCUT2D eigenvalue weighted by molar-refractivity contribution is 7.09. The third kappa shape index (κ3) is 4.89. The lowest BCUT2D eigenvalue weighted by Gasteiger charge is -2.13. The number of aryl methyl sites for hydroxylation is 1. The second kappa shape index (κ2) is 8.73. The smallest absolute Gasteiger partial charge is 0.243 e. The molecular weight excluding hydrogens is 360 g/mol. The number of amides is 1. The normalized spacial score (nSPS) is 11.6. The third-order valence-electron chi connectivity index (χ3n) is 4.24. The van der Waals surface area contributed by atoms with E-state index >= 15 is 0 Å². The molecule has 1 aromatic carbocycles. The molecule has 0 bridgehead atoms. The molecule has 1 amide bonds. The molecule has 0 spiro atoms. The summed E-state index contributed by atoms with van der Waals surface area (Å²) in [6.07, 6.45) is 0. The highest BCUT2D eigenvalue weighted by Crippen LogP contribution is 2.24. The molecule has 0 unspecified atom stereocenters. The monoisotopic (exact) mass is 384 g/mol. The van der Waals surface area contributed by atoms with Gasteiger partial charge in [0.2, 0.25) is 5.91 Å². The molecule has 142 valence electrons. The van der Waals surface area contributed by atoms with Crippen molar-refractivity contribution in [2.24, 2.45) is 4.99 Å². The van der Waals surface area contributed by atoms with E-state index in [9.17, 15) is 4.79 Å². The Kier molecular flexibility index (Phi) is 6.13. The first-order valence-electron chi connectivity index (χ1n) is 8.76. The number of furan rings is 1.